The lowest BCUT2D eigenvalue weighted by Gasteiger charge is -2.17. The van der Waals surface area contributed by atoms with E-state index in [-0.39, 0.29) is 24.0 Å². The van der Waals surface area contributed by atoms with E-state index < -0.39 is 0 Å². The van der Waals surface area contributed by atoms with E-state index in [4.69, 9.17) is 10.1 Å². The van der Waals surface area contributed by atoms with Crippen LogP contribution in [-0.4, -0.2) is 52.6 Å². The number of amidine groups is 1. The number of benzene rings is 1. The van der Waals surface area contributed by atoms with Crippen molar-refractivity contribution in [1.29, 1.82) is 5.41 Å². The minimum absolute atomic E-state index is 0.0990. The first kappa shape index (κ1) is 14.5. The Kier molecular flexibility index (Phi) is 3.81. The predicted octanol–water partition coefficient (Wildman–Crippen LogP) is 2.30. The molecule has 0 bridgehead atoms. The second kappa shape index (κ2) is 5.76. The van der Waals surface area contributed by atoms with Crippen LogP contribution >= 0.6 is 0 Å². The van der Waals surface area contributed by atoms with Crippen molar-refractivity contribution in [2.75, 3.05) is 26.8 Å². The lowest BCUT2D eigenvalue weighted by Crippen LogP contribution is -2.28. The number of fused-ring (bicyclic) bond motifs is 1. The highest BCUT2D eigenvalue weighted by Gasteiger charge is 2.29. The van der Waals surface area contributed by atoms with E-state index in [1.54, 1.807) is 18.1 Å². The Balaban J connectivity index is 1.86. The molecule has 1 aromatic carbocycles. The highest BCUT2D eigenvalue weighted by atomic mass is 19.1. The number of hydrogen-bond acceptors (Lipinski definition) is 4. The molecule has 3 N–H and O–H groups in total. The van der Waals surface area contributed by atoms with E-state index in [1.807, 2.05) is 0 Å². The molecule has 2 heterocycles. The van der Waals surface area contributed by atoms with Crippen LogP contribution in [0.1, 0.15) is 12.2 Å². The maximum atomic E-state index is 13.2. The van der Waals surface area contributed by atoms with Crippen molar-refractivity contribution < 1.29 is 14.2 Å². The first-order valence-electron chi connectivity index (χ1n) is 7.00. The van der Waals surface area contributed by atoms with Gasteiger partial charge in [0.15, 0.2) is 0 Å². The molecule has 2 aromatic rings. The molecule has 1 aliphatic rings. The second-order valence-corrected chi connectivity index (χ2v) is 5.19. The van der Waals surface area contributed by atoms with Crippen molar-refractivity contribution >= 4 is 22.4 Å². The molecule has 6 nitrogen and oxygen atoms in total. The zero-order valence-electron chi connectivity index (χ0n) is 12.2. The summed E-state index contributed by atoms with van der Waals surface area (Å²) < 4.78 is 18.2. The number of aliphatic hydroxyl groups excluding tert-OH is 1. The SMILES string of the molecule is COCCCN1CC(O)=C(c2nc3ccc(F)cc3[nH]2)C1=N. The standard InChI is InChI=1S/C15H17FN4O2/c1-22-6-2-5-20-8-12(21)13(14(20)17)15-18-10-4-3-9(16)7-11(10)19-15/h3-4,7,17,21H,2,5-6,8H2,1H3,(H,18,19). The number of halogens is 1. The Morgan fingerprint density at radius 1 is 1.50 bits per heavy atom. The number of nitrogens with one attached hydrogen (secondary N) is 2. The Morgan fingerprint density at radius 2 is 2.32 bits per heavy atom. The van der Waals surface area contributed by atoms with Crippen molar-refractivity contribution in [1.82, 2.24) is 14.9 Å². The highest BCUT2D eigenvalue weighted by molar-refractivity contribution is 6.23. The minimum atomic E-state index is -0.358. The highest BCUT2D eigenvalue weighted by Crippen LogP contribution is 2.27. The van der Waals surface area contributed by atoms with Gasteiger partial charge in [-0.05, 0) is 24.6 Å². The van der Waals surface area contributed by atoms with Crippen LogP contribution < -0.4 is 0 Å². The van der Waals surface area contributed by atoms with Crippen molar-refractivity contribution in [2.24, 2.45) is 0 Å². The number of nitrogens with zero attached hydrogens (tertiary/aromatic N) is 2. The van der Waals surface area contributed by atoms with Crippen molar-refractivity contribution in [3.63, 3.8) is 0 Å². The summed E-state index contributed by atoms with van der Waals surface area (Å²) in [5, 5.41) is 18.4. The van der Waals surface area contributed by atoms with Gasteiger partial charge in [-0.3, -0.25) is 5.41 Å². The monoisotopic (exact) mass is 304 g/mol. The molecule has 0 saturated carbocycles. The van der Waals surface area contributed by atoms with Gasteiger partial charge in [-0.25, -0.2) is 9.37 Å². The van der Waals surface area contributed by atoms with Gasteiger partial charge in [0.05, 0.1) is 23.2 Å². The van der Waals surface area contributed by atoms with E-state index >= 15 is 0 Å². The third-order valence-electron chi connectivity index (χ3n) is 3.64. The summed E-state index contributed by atoms with van der Waals surface area (Å²) in [7, 11) is 1.63. The van der Waals surface area contributed by atoms with Gasteiger partial charge >= 0.3 is 0 Å². The van der Waals surface area contributed by atoms with Crippen LogP contribution in [0.4, 0.5) is 4.39 Å². The summed E-state index contributed by atoms with van der Waals surface area (Å²) in [6, 6.07) is 4.24. The number of aliphatic hydroxyl groups is 1. The van der Waals surface area contributed by atoms with E-state index in [0.717, 1.165) is 6.42 Å². The zero-order chi connectivity index (χ0) is 15.7. The maximum Gasteiger partial charge on any atom is 0.145 e. The number of ether oxygens (including phenoxy) is 1. The normalized spacial score (nSPS) is 15.4. The minimum Gasteiger partial charge on any atom is -0.510 e. The van der Waals surface area contributed by atoms with Gasteiger partial charge in [-0.2, -0.15) is 0 Å². The van der Waals surface area contributed by atoms with E-state index in [1.165, 1.54) is 12.1 Å². The van der Waals surface area contributed by atoms with Crippen molar-refractivity contribution in [3.05, 3.63) is 35.6 Å². The van der Waals surface area contributed by atoms with Gasteiger partial charge in [0.1, 0.15) is 23.2 Å². The molecule has 0 radical (unpaired) electrons. The predicted molar refractivity (Wildman–Crippen MR) is 81.4 cm³/mol. The Labute approximate surface area is 126 Å². The second-order valence-electron chi connectivity index (χ2n) is 5.19. The number of methoxy groups -OCH3 is 1. The summed E-state index contributed by atoms with van der Waals surface area (Å²) in [6.07, 6.45) is 0.769. The van der Waals surface area contributed by atoms with Crippen LogP contribution in [0, 0.1) is 11.2 Å². The molecule has 1 aromatic heterocycles. The summed E-state index contributed by atoms with van der Waals surface area (Å²) in [5.41, 5.74) is 1.51. The van der Waals surface area contributed by atoms with Crippen LogP contribution in [0.15, 0.2) is 24.0 Å². The Morgan fingerprint density at radius 3 is 3.09 bits per heavy atom. The van der Waals surface area contributed by atoms with Gasteiger partial charge in [-0.1, -0.05) is 0 Å². The Bertz CT molecular complexity index is 753. The fraction of sp³-hybridized carbons (Fsp3) is 0.333. The quantitative estimate of drug-likeness (QED) is 0.740. The molecule has 0 aliphatic carbocycles. The molecule has 7 heteroatoms. The largest absolute Gasteiger partial charge is 0.510 e. The fourth-order valence-electron chi connectivity index (χ4n) is 2.57. The number of H-pyrrole nitrogens is 1. The van der Waals surface area contributed by atoms with E-state index in [0.29, 0.717) is 35.6 Å². The molecule has 0 saturated heterocycles. The average Bonchev–Trinajstić information content (AvgIpc) is 3.00. The first-order valence-corrected chi connectivity index (χ1v) is 7.00. The van der Waals surface area contributed by atoms with Crippen molar-refractivity contribution in [3.8, 4) is 0 Å². The third kappa shape index (κ3) is 2.55. The zero-order valence-corrected chi connectivity index (χ0v) is 12.2. The summed E-state index contributed by atoms with van der Waals surface area (Å²) in [4.78, 5) is 9.06. The van der Waals surface area contributed by atoms with Crippen LogP contribution in [-0.2, 0) is 4.74 Å². The molecule has 0 atom stereocenters. The molecular weight excluding hydrogens is 287 g/mol. The van der Waals surface area contributed by atoms with Gasteiger partial charge in [0.25, 0.3) is 0 Å². The van der Waals surface area contributed by atoms with Gasteiger partial charge < -0.3 is 19.7 Å². The number of hydrogen-bond donors (Lipinski definition) is 3. The fourth-order valence-corrected chi connectivity index (χ4v) is 2.57. The molecule has 0 fully saturated rings. The molecule has 0 unspecified atom stereocenters. The molecule has 3 rings (SSSR count). The van der Waals surface area contributed by atoms with E-state index in [2.05, 4.69) is 9.97 Å². The number of aromatic amines is 1. The summed E-state index contributed by atoms with van der Waals surface area (Å²) in [6.45, 7) is 1.50. The molecule has 116 valence electrons. The smallest absolute Gasteiger partial charge is 0.145 e. The molecule has 1 aliphatic heterocycles. The van der Waals surface area contributed by atoms with Gasteiger partial charge in [0, 0.05) is 20.3 Å². The lowest BCUT2D eigenvalue weighted by molar-refractivity contribution is 0.186. The number of aromatic nitrogens is 2. The van der Waals surface area contributed by atoms with Crippen molar-refractivity contribution in [2.45, 2.75) is 6.42 Å². The van der Waals surface area contributed by atoms with Gasteiger partial charge in [0.2, 0.25) is 0 Å². The first-order chi connectivity index (χ1) is 10.6. The van der Waals surface area contributed by atoms with Crippen LogP contribution in [0.2, 0.25) is 0 Å². The van der Waals surface area contributed by atoms with Crippen LogP contribution in [0.5, 0.6) is 0 Å². The van der Waals surface area contributed by atoms with Crippen LogP contribution in [0.25, 0.3) is 16.6 Å². The number of imidazole rings is 1. The molecule has 0 spiro atoms. The number of rotatable bonds is 5. The lowest BCUT2D eigenvalue weighted by atomic mass is 10.2. The maximum absolute atomic E-state index is 13.2. The molecule has 22 heavy (non-hydrogen) atoms. The summed E-state index contributed by atoms with van der Waals surface area (Å²) >= 11 is 0. The van der Waals surface area contributed by atoms with Gasteiger partial charge in [-0.15, -0.1) is 0 Å². The molecular formula is C15H17FN4O2. The molecule has 0 amide bonds. The summed E-state index contributed by atoms with van der Waals surface area (Å²) in [5.74, 6) is 0.344. The van der Waals surface area contributed by atoms with Crippen LogP contribution in [0.3, 0.4) is 0 Å². The average molecular weight is 304 g/mol. The Hall–Kier alpha value is -2.41. The van der Waals surface area contributed by atoms with E-state index in [9.17, 15) is 9.50 Å². The topological polar surface area (TPSA) is 85.2 Å². The third-order valence-corrected chi connectivity index (χ3v) is 3.64.